The van der Waals surface area contributed by atoms with Gasteiger partial charge in [-0.15, -0.1) is 11.3 Å². The van der Waals surface area contributed by atoms with Gasteiger partial charge in [-0.05, 0) is 63.0 Å². The van der Waals surface area contributed by atoms with Crippen LogP contribution in [0, 0.1) is 24.7 Å². The third-order valence-corrected chi connectivity index (χ3v) is 9.10. The normalized spacial score (nSPS) is 30.9. The maximum absolute atomic E-state index is 13.9. The molecule has 3 aliphatic carbocycles. The molecular weight excluding hydrogens is 510 g/mol. The van der Waals surface area contributed by atoms with Gasteiger partial charge in [0.25, 0.3) is 0 Å². The molecule has 5 rings (SSSR count). The molecule has 0 bridgehead atoms. The van der Waals surface area contributed by atoms with E-state index in [1.807, 2.05) is 19.1 Å². The Kier molecular flexibility index (Phi) is 6.30. The van der Waals surface area contributed by atoms with Crippen LogP contribution in [0.4, 0.5) is 0 Å². The van der Waals surface area contributed by atoms with Gasteiger partial charge in [0.15, 0.2) is 11.4 Å². The first-order valence-electron chi connectivity index (χ1n) is 12.2. The number of phenolic OH excluding ortho intramolecular Hbond substituents is 1. The van der Waals surface area contributed by atoms with Crippen LogP contribution in [-0.2, 0) is 20.8 Å². The molecule has 1 aromatic heterocycles. The van der Waals surface area contributed by atoms with Gasteiger partial charge < -0.3 is 31.1 Å². The van der Waals surface area contributed by atoms with Crippen molar-refractivity contribution in [3.05, 3.63) is 50.5 Å². The molecule has 2 saturated carbocycles. The number of Topliss-reactive ketones (excluding diaryl/α,β-unsaturated/α-hetero) is 2. The second-order valence-corrected chi connectivity index (χ2v) is 11.3. The van der Waals surface area contributed by atoms with E-state index in [1.165, 1.54) is 17.4 Å². The molecule has 1 amide bonds. The zero-order valence-corrected chi connectivity index (χ0v) is 21.9. The van der Waals surface area contributed by atoms with Crippen molar-refractivity contribution in [3.8, 4) is 5.75 Å². The number of aliphatic hydroxyl groups excluding tert-OH is 2. The third kappa shape index (κ3) is 3.64. The van der Waals surface area contributed by atoms with Crippen LogP contribution in [0.2, 0.25) is 0 Å². The average molecular weight is 540 g/mol. The van der Waals surface area contributed by atoms with E-state index >= 15 is 0 Å². The van der Waals surface area contributed by atoms with Crippen LogP contribution in [-0.4, -0.2) is 79.6 Å². The third-order valence-electron chi connectivity index (χ3n) is 8.21. The van der Waals surface area contributed by atoms with Gasteiger partial charge in [-0.3, -0.25) is 14.4 Å². The summed E-state index contributed by atoms with van der Waals surface area (Å²) in [6.07, 6.45) is 2.54. The van der Waals surface area contributed by atoms with E-state index in [2.05, 4.69) is 4.98 Å². The molecule has 2 unspecified atom stereocenters. The number of aromatic nitrogens is 1. The Morgan fingerprint density at radius 3 is 2.55 bits per heavy atom. The van der Waals surface area contributed by atoms with Gasteiger partial charge in [-0.2, -0.15) is 0 Å². The highest BCUT2D eigenvalue weighted by Gasteiger charge is 2.67. The van der Waals surface area contributed by atoms with Crippen molar-refractivity contribution in [1.29, 1.82) is 0 Å². The molecule has 0 aliphatic heterocycles. The topological polar surface area (TPSA) is 174 Å². The fourth-order valence-electron chi connectivity index (χ4n) is 6.42. The minimum atomic E-state index is -2.66. The lowest BCUT2D eigenvalue weighted by atomic mass is 9.54. The first kappa shape index (κ1) is 26.2. The SMILES string of the molecule is Cc1ncsc1/C=C/c1ccc(O)c2c1C[C@@H]1C[C@@H]3[C@@H](N(C)C)C(O)C(C(N)=O)C(=O)[C@]3(O)C(=O)C1=C2O. The van der Waals surface area contributed by atoms with Gasteiger partial charge >= 0.3 is 0 Å². The van der Waals surface area contributed by atoms with Crippen molar-refractivity contribution in [2.24, 2.45) is 23.5 Å². The monoisotopic (exact) mass is 539 g/mol. The lowest BCUT2D eigenvalue weighted by Gasteiger charge is -2.53. The minimum Gasteiger partial charge on any atom is -0.507 e. The van der Waals surface area contributed by atoms with Gasteiger partial charge in [0, 0.05) is 22.4 Å². The molecule has 3 aliphatic rings. The van der Waals surface area contributed by atoms with Gasteiger partial charge in [0.1, 0.15) is 17.4 Å². The van der Waals surface area contributed by atoms with Crippen molar-refractivity contribution < 1.29 is 34.8 Å². The largest absolute Gasteiger partial charge is 0.507 e. The second kappa shape index (κ2) is 9.12. The highest BCUT2D eigenvalue weighted by Crippen LogP contribution is 2.52. The number of fused-ring (bicyclic) bond motifs is 3. The van der Waals surface area contributed by atoms with Crippen LogP contribution in [0.5, 0.6) is 5.75 Å². The van der Waals surface area contributed by atoms with E-state index in [-0.39, 0.29) is 29.7 Å². The quantitative estimate of drug-likeness (QED) is 0.356. The number of aliphatic hydroxyl groups is 3. The van der Waals surface area contributed by atoms with E-state index in [1.54, 1.807) is 30.6 Å². The zero-order valence-electron chi connectivity index (χ0n) is 21.1. The predicted molar refractivity (Wildman–Crippen MR) is 140 cm³/mol. The standard InChI is InChI=1S/C27H29N3O7S/c1-11-17(38-10-29-11)7-5-12-4-6-16(31)19-14(12)8-13-9-15-21(30(2)3)23(33)20(26(28)36)25(35)27(15,37)24(34)18(13)22(19)32/h4-7,10,13,15,20-21,23,31-33,37H,8-9H2,1-3H3,(H2,28,36)/b7-5+/t13-,15-,20?,21-,23?,27-/m1/s1. The Labute approximate surface area is 222 Å². The van der Waals surface area contributed by atoms with Crippen molar-refractivity contribution in [2.45, 2.75) is 37.5 Å². The van der Waals surface area contributed by atoms with E-state index in [0.29, 0.717) is 5.56 Å². The number of hydrogen-bond donors (Lipinski definition) is 5. The molecule has 0 saturated heterocycles. The van der Waals surface area contributed by atoms with Crippen molar-refractivity contribution >= 4 is 46.7 Å². The first-order valence-corrected chi connectivity index (χ1v) is 13.1. The number of amides is 1. The summed E-state index contributed by atoms with van der Waals surface area (Å²) in [7, 11) is 3.24. The summed E-state index contributed by atoms with van der Waals surface area (Å²) in [5.41, 5.74) is 6.58. The Morgan fingerprint density at radius 1 is 1.24 bits per heavy atom. The molecule has 11 heteroatoms. The van der Waals surface area contributed by atoms with Crippen LogP contribution in [0.25, 0.3) is 17.9 Å². The molecule has 2 fully saturated rings. The molecule has 1 aromatic carbocycles. The number of ketones is 2. The molecule has 0 radical (unpaired) electrons. The van der Waals surface area contributed by atoms with Crippen LogP contribution >= 0.6 is 11.3 Å². The number of rotatable bonds is 4. The number of nitrogens with two attached hydrogens (primary N) is 1. The number of aryl methyl sites for hydroxylation is 1. The summed E-state index contributed by atoms with van der Waals surface area (Å²) < 4.78 is 0. The number of primary amides is 1. The summed E-state index contributed by atoms with van der Waals surface area (Å²) in [5, 5.41) is 44.6. The maximum Gasteiger partial charge on any atom is 0.230 e. The van der Waals surface area contributed by atoms with Gasteiger partial charge in [0.2, 0.25) is 11.7 Å². The fraction of sp³-hybridized carbons (Fsp3) is 0.407. The summed E-state index contributed by atoms with van der Waals surface area (Å²) in [6.45, 7) is 1.89. The van der Waals surface area contributed by atoms with Gasteiger partial charge in [-0.25, -0.2) is 4.98 Å². The zero-order chi connectivity index (χ0) is 27.7. The molecule has 38 heavy (non-hydrogen) atoms. The lowest BCUT2D eigenvalue weighted by Crippen LogP contribution is -2.73. The number of phenols is 1. The number of aromatic hydroxyl groups is 1. The Morgan fingerprint density at radius 2 is 1.95 bits per heavy atom. The molecule has 10 nitrogen and oxygen atoms in total. The van der Waals surface area contributed by atoms with E-state index in [4.69, 9.17) is 5.73 Å². The summed E-state index contributed by atoms with van der Waals surface area (Å²) in [6, 6.07) is 2.20. The minimum absolute atomic E-state index is 0.0636. The molecule has 1 heterocycles. The number of hydrogen-bond acceptors (Lipinski definition) is 10. The first-order chi connectivity index (χ1) is 17.9. The molecule has 0 spiro atoms. The smallest absolute Gasteiger partial charge is 0.230 e. The second-order valence-electron chi connectivity index (χ2n) is 10.5. The number of nitrogens with zero attached hydrogens (tertiary/aromatic N) is 2. The molecule has 6 atom stereocenters. The van der Waals surface area contributed by atoms with Gasteiger partial charge in [0.05, 0.1) is 22.9 Å². The maximum atomic E-state index is 13.9. The Hall–Kier alpha value is -3.38. The van der Waals surface area contributed by atoms with Gasteiger partial charge in [-0.1, -0.05) is 12.1 Å². The number of likely N-dealkylation sites (N-methyl/N-ethyl adjacent to an activating group) is 1. The number of carbonyl (C=O) groups is 3. The molecule has 6 N–H and O–H groups in total. The van der Waals surface area contributed by atoms with Crippen LogP contribution in [0.15, 0.2) is 23.2 Å². The lowest BCUT2D eigenvalue weighted by molar-refractivity contribution is -0.184. The molecule has 200 valence electrons. The fourth-order valence-corrected chi connectivity index (χ4v) is 7.12. The molecular formula is C27H29N3O7S. The summed E-state index contributed by atoms with van der Waals surface area (Å²) >= 11 is 1.47. The predicted octanol–water partition coefficient (Wildman–Crippen LogP) is 1.06. The number of benzene rings is 1. The van der Waals surface area contributed by atoms with Crippen LogP contribution < -0.4 is 5.73 Å². The van der Waals surface area contributed by atoms with Crippen molar-refractivity contribution in [1.82, 2.24) is 9.88 Å². The molecule has 2 aromatic rings. The average Bonchev–Trinajstić information content (AvgIpc) is 3.25. The van der Waals surface area contributed by atoms with E-state index in [0.717, 1.165) is 16.1 Å². The van der Waals surface area contributed by atoms with Crippen molar-refractivity contribution in [2.75, 3.05) is 14.1 Å². The summed E-state index contributed by atoms with van der Waals surface area (Å²) in [5.74, 6) is -7.55. The number of carbonyl (C=O) groups excluding carboxylic acids is 3. The van der Waals surface area contributed by atoms with Crippen LogP contribution in [0.1, 0.15) is 33.7 Å². The number of thiazole rings is 1. The Balaban J connectivity index is 1.65. The van der Waals surface area contributed by atoms with E-state index in [9.17, 15) is 34.8 Å². The van der Waals surface area contributed by atoms with E-state index < -0.39 is 58.7 Å². The summed E-state index contributed by atoms with van der Waals surface area (Å²) in [4.78, 5) is 46.1. The van der Waals surface area contributed by atoms with Crippen LogP contribution in [0.3, 0.4) is 0 Å². The highest BCUT2D eigenvalue weighted by molar-refractivity contribution is 7.10. The van der Waals surface area contributed by atoms with Crippen molar-refractivity contribution in [3.63, 3.8) is 0 Å². The Bertz CT molecular complexity index is 1430. The highest BCUT2D eigenvalue weighted by atomic mass is 32.1.